The van der Waals surface area contributed by atoms with Gasteiger partial charge in [-0.2, -0.15) is 0 Å². The number of carboxylic acid groups (broad SMARTS) is 1. The van der Waals surface area contributed by atoms with Gasteiger partial charge in [-0.3, -0.25) is 4.79 Å². The molecule has 0 bridgehead atoms. The lowest BCUT2D eigenvalue weighted by molar-refractivity contribution is -0.136. The molecule has 14 heavy (non-hydrogen) atoms. The van der Waals surface area contributed by atoms with E-state index in [1.165, 1.54) is 0 Å². The van der Waals surface area contributed by atoms with Crippen LogP contribution >= 0.6 is 27.5 Å². The molecule has 0 fully saturated rings. The van der Waals surface area contributed by atoms with Crippen LogP contribution < -0.4 is 0 Å². The molecule has 1 N–H and O–H groups in total. The number of aliphatic carboxylic acids is 1. The van der Waals surface area contributed by atoms with Crippen LogP contribution in [0.1, 0.15) is 5.56 Å². The van der Waals surface area contributed by atoms with E-state index in [0.717, 1.165) is 6.07 Å². The molecule has 0 saturated carbocycles. The van der Waals surface area contributed by atoms with Crippen LogP contribution in [-0.2, 0) is 11.2 Å². The fourth-order valence-electron chi connectivity index (χ4n) is 0.929. The van der Waals surface area contributed by atoms with Crippen molar-refractivity contribution in [2.45, 2.75) is 6.42 Å². The van der Waals surface area contributed by atoms with Gasteiger partial charge in [-0.25, -0.2) is 8.78 Å². The van der Waals surface area contributed by atoms with Gasteiger partial charge in [0.2, 0.25) is 0 Å². The maximum absolute atomic E-state index is 13.2. The maximum atomic E-state index is 13.2. The molecule has 1 aromatic rings. The third-order valence-electron chi connectivity index (χ3n) is 1.53. The van der Waals surface area contributed by atoms with Crippen molar-refractivity contribution in [3.63, 3.8) is 0 Å². The van der Waals surface area contributed by atoms with Crippen LogP contribution in [0, 0.1) is 11.6 Å². The first-order valence-corrected chi connectivity index (χ1v) is 4.64. The van der Waals surface area contributed by atoms with Crippen molar-refractivity contribution >= 4 is 33.5 Å². The molecule has 0 saturated heterocycles. The van der Waals surface area contributed by atoms with E-state index < -0.39 is 29.6 Å². The van der Waals surface area contributed by atoms with Crippen molar-refractivity contribution in [3.8, 4) is 0 Å². The number of hydrogen-bond donors (Lipinski definition) is 1. The van der Waals surface area contributed by atoms with E-state index in [4.69, 9.17) is 16.7 Å². The van der Waals surface area contributed by atoms with E-state index in [2.05, 4.69) is 15.9 Å². The summed E-state index contributed by atoms with van der Waals surface area (Å²) in [5.41, 5.74) is -0.545. The van der Waals surface area contributed by atoms with Crippen LogP contribution in [0.3, 0.4) is 0 Å². The van der Waals surface area contributed by atoms with Gasteiger partial charge in [0.25, 0.3) is 0 Å². The number of hydrogen-bond acceptors (Lipinski definition) is 1. The minimum atomic E-state index is -1.32. The lowest BCUT2D eigenvalue weighted by atomic mass is 10.1. The summed E-state index contributed by atoms with van der Waals surface area (Å²) in [7, 11) is 0. The Bertz CT molecular complexity index is 369. The molecule has 0 amide bonds. The molecule has 6 heteroatoms. The molecule has 0 atom stereocenters. The summed E-state index contributed by atoms with van der Waals surface area (Å²) in [6.07, 6.45) is -0.739. The van der Waals surface area contributed by atoms with Crippen molar-refractivity contribution in [1.82, 2.24) is 0 Å². The van der Waals surface area contributed by atoms with Crippen LogP contribution in [0.15, 0.2) is 10.5 Å². The molecule has 1 aromatic carbocycles. The SMILES string of the molecule is O=C(O)Cc1c(F)c(Cl)cc(Br)c1F. The van der Waals surface area contributed by atoms with Crippen LogP contribution in [0.4, 0.5) is 8.78 Å². The highest BCUT2D eigenvalue weighted by Gasteiger charge is 2.18. The number of rotatable bonds is 2. The summed E-state index contributed by atoms with van der Waals surface area (Å²) in [5.74, 6) is -3.29. The van der Waals surface area contributed by atoms with E-state index in [9.17, 15) is 13.6 Å². The molecule has 76 valence electrons. The summed E-state index contributed by atoms with van der Waals surface area (Å²) in [6.45, 7) is 0. The molecule has 0 heterocycles. The minimum absolute atomic E-state index is 0.0554. The van der Waals surface area contributed by atoms with E-state index in [1.54, 1.807) is 0 Å². The summed E-state index contributed by atoms with van der Waals surface area (Å²) in [5, 5.41) is 8.10. The average molecular weight is 285 g/mol. The highest BCUT2D eigenvalue weighted by molar-refractivity contribution is 9.10. The first-order valence-electron chi connectivity index (χ1n) is 3.47. The second kappa shape index (κ2) is 4.23. The van der Waals surface area contributed by atoms with Crippen molar-refractivity contribution in [2.75, 3.05) is 0 Å². The number of carboxylic acids is 1. The predicted molar refractivity (Wildman–Crippen MR) is 50.4 cm³/mol. The van der Waals surface area contributed by atoms with Crippen LogP contribution in [0.25, 0.3) is 0 Å². The highest BCUT2D eigenvalue weighted by atomic mass is 79.9. The molecular formula is C8H4BrClF2O2. The van der Waals surface area contributed by atoms with Gasteiger partial charge >= 0.3 is 5.97 Å². The Hall–Kier alpha value is -0.680. The van der Waals surface area contributed by atoms with Gasteiger partial charge in [0.1, 0.15) is 11.6 Å². The Morgan fingerprint density at radius 1 is 1.50 bits per heavy atom. The van der Waals surface area contributed by atoms with Crippen molar-refractivity contribution < 1.29 is 18.7 Å². The van der Waals surface area contributed by atoms with Crippen molar-refractivity contribution in [3.05, 3.63) is 32.8 Å². The molecule has 0 spiro atoms. The third-order valence-corrected chi connectivity index (χ3v) is 2.38. The van der Waals surface area contributed by atoms with Crippen LogP contribution in [0.2, 0.25) is 5.02 Å². The maximum Gasteiger partial charge on any atom is 0.308 e. The number of benzene rings is 1. The molecule has 0 aliphatic heterocycles. The molecular weight excluding hydrogens is 281 g/mol. The average Bonchev–Trinajstić information content (AvgIpc) is 2.09. The smallest absolute Gasteiger partial charge is 0.308 e. The zero-order chi connectivity index (χ0) is 10.9. The third kappa shape index (κ3) is 2.22. The van der Waals surface area contributed by atoms with E-state index >= 15 is 0 Å². The predicted octanol–water partition coefficient (Wildman–Crippen LogP) is 3.01. The Kier molecular flexibility index (Phi) is 3.44. The Morgan fingerprint density at radius 3 is 2.57 bits per heavy atom. The molecule has 0 radical (unpaired) electrons. The van der Waals surface area contributed by atoms with Crippen LogP contribution in [0.5, 0.6) is 0 Å². The first-order chi connectivity index (χ1) is 6.43. The van der Waals surface area contributed by atoms with Crippen molar-refractivity contribution in [1.29, 1.82) is 0 Å². The van der Waals surface area contributed by atoms with Crippen molar-refractivity contribution in [2.24, 2.45) is 0 Å². The topological polar surface area (TPSA) is 37.3 Å². The van der Waals surface area contributed by atoms with E-state index in [0.29, 0.717) is 0 Å². The second-order valence-corrected chi connectivity index (χ2v) is 3.78. The van der Waals surface area contributed by atoms with Gasteiger partial charge < -0.3 is 5.11 Å². The van der Waals surface area contributed by atoms with E-state index in [-0.39, 0.29) is 9.50 Å². The zero-order valence-electron chi connectivity index (χ0n) is 6.65. The normalized spacial score (nSPS) is 10.3. The lowest BCUT2D eigenvalue weighted by Gasteiger charge is -2.05. The number of halogens is 4. The first kappa shape index (κ1) is 11.4. The van der Waals surface area contributed by atoms with Gasteiger partial charge in [0.15, 0.2) is 0 Å². The van der Waals surface area contributed by atoms with E-state index in [1.807, 2.05) is 0 Å². The van der Waals surface area contributed by atoms with Gasteiger partial charge in [0.05, 0.1) is 15.9 Å². The fourth-order valence-corrected chi connectivity index (χ4v) is 1.75. The molecule has 0 aliphatic carbocycles. The molecule has 0 aliphatic rings. The molecule has 0 aromatic heterocycles. The molecule has 2 nitrogen and oxygen atoms in total. The summed E-state index contributed by atoms with van der Waals surface area (Å²) < 4.78 is 26.3. The van der Waals surface area contributed by atoms with Gasteiger partial charge in [-0.15, -0.1) is 0 Å². The summed E-state index contributed by atoms with van der Waals surface area (Å²) in [4.78, 5) is 10.3. The van der Waals surface area contributed by atoms with Gasteiger partial charge in [0, 0.05) is 5.56 Å². The molecule has 0 unspecified atom stereocenters. The lowest BCUT2D eigenvalue weighted by Crippen LogP contribution is -2.06. The quantitative estimate of drug-likeness (QED) is 0.848. The van der Waals surface area contributed by atoms with Gasteiger partial charge in [-0.05, 0) is 22.0 Å². The Morgan fingerprint density at radius 2 is 2.07 bits per heavy atom. The second-order valence-electron chi connectivity index (χ2n) is 2.52. The Labute approximate surface area is 91.6 Å². The zero-order valence-corrected chi connectivity index (χ0v) is 8.99. The summed E-state index contributed by atoms with van der Waals surface area (Å²) in [6, 6.07) is 1.04. The number of carbonyl (C=O) groups is 1. The Balaban J connectivity index is 3.31. The summed E-state index contributed by atoms with van der Waals surface area (Å²) >= 11 is 8.21. The minimum Gasteiger partial charge on any atom is -0.481 e. The fraction of sp³-hybridized carbons (Fsp3) is 0.125. The van der Waals surface area contributed by atoms with Gasteiger partial charge in [-0.1, -0.05) is 11.6 Å². The van der Waals surface area contributed by atoms with Crippen LogP contribution in [-0.4, -0.2) is 11.1 Å². The highest BCUT2D eigenvalue weighted by Crippen LogP contribution is 2.28. The standard InChI is InChI=1S/C8H4BrClF2O2/c9-4-2-5(10)8(12)3(7(4)11)1-6(13)14/h2H,1H2,(H,13,14). The monoisotopic (exact) mass is 284 g/mol. The largest absolute Gasteiger partial charge is 0.481 e. The molecule has 1 rings (SSSR count).